The van der Waals surface area contributed by atoms with Crippen LogP contribution in [0.25, 0.3) is 11.1 Å². The predicted molar refractivity (Wildman–Crippen MR) is 271 cm³/mol. The van der Waals surface area contributed by atoms with Gasteiger partial charge in [0.25, 0.3) is 0 Å². The third-order valence-corrected chi connectivity index (χ3v) is 14.0. The highest BCUT2D eigenvalue weighted by atomic mass is 35.5. The summed E-state index contributed by atoms with van der Waals surface area (Å²) in [6.45, 7) is 6.60. The molecule has 0 saturated carbocycles. The van der Waals surface area contributed by atoms with E-state index >= 15 is 0 Å². The van der Waals surface area contributed by atoms with Gasteiger partial charge in [0.15, 0.2) is 0 Å². The molecular formula is C56H54Cl2N6O8. The van der Waals surface area contributed by atoms with Crippen LogP contribution in [0.3, 0.4) is 0 Å². The lowest BCUT2D eigenvalue weighted by Crippen LogP contribution is -2.44. The van der Waals surface area contributed by atoms with Crippen LogP contribution in [0.2, 0.25) is 10.0 Å². The molecule has 4 aromatic carbocycles. The van der Waals surface area contributed by atoms with Crippen molar-refractivity contribution in [1.82, 2.24) is 19.8 Å². The molecule has 0 radical (unpaired) electrons. The van der Waals surface area contributed by atoms with Crippen LogP contribution in [-0.2, 0) is 49.1 Å². The molecule has 2 aliphatic heterocycles. The second-order valence-electron chi connectivity index (χ2n) is 18.1. The van der Waals surface area contributed by atoms with Gasteiger partial charge in [-0.1, -0.05) is 72.4 Å². The van der Waals surface area contributed by atoms with Crippen LogP contribution in [0.1, 0.15) is 94.2 Å². The summed E-state index contributed by atoms with van der Waals surface area (Å²) in [5.74, 6) is 0.0453. The van der Waals surface area contributed by atoms with Gasteiger partial charge in [-0.3, -0.25) is 29.4 Å². The van der Waals surface area contributed by atoms with Crippen LogP contribution in [0, 0.1) is 36.5 Å². The summed E-state index contributed by atoms with van der Waals surface area (Å²) in [6, 6.07) is 25.6. The Morgan fingerprint density at radius 2 is 1.00 bits per heavy atom. The number of carboxylic acid groups (broad SMARTS) is 2. The van der Waals surface area contributed by atoms with Crippen molar-refractivity contribution in [3.63, 3.8) is 0 Å². The lowest BCUT2D eigenvalue weighted by Gasteiger charge is -2.33. The van der Waals surface area contributed by atoms with Gasteiger partial charge in [-0.15, -0.1) is 0 Å². The van der Waals surface area contributed by atoms with Crippen molar-refractivity contribution in [2.24, 2.45) is 0 Å². The number of hydrogen-bond acceptors (Lipinski definition) is 12. The van der Waals surface area contributed by atoms with E-state index in [1.54, 1.807) is 48.8 Å². The molecular weight excluding hydrogens is 956 g/mol. The topological polar surface area (TPSA) is 191 Å². The molecule has 14 nitrogen and oxygen atoms in total. The fourth-order valence-electron chi connectivity index (χ4n) is 9.40. The minimum atomic E-state index is -0.860. The third kappa shape index (κ3) is 12.4. The molecule has 6 aromatic rings. The molecule has 1 unspecified atom stereocenters. The maximum atomic E-state index is 12.2. The molecule has 2 aliphatic rings. The molecule has 8 rings (SSSR count). The van der Waals surface area contributed by atoms with Crippen LogP contribution < -0.4 is 18.9 Å². The zero-order valence-corrected chi connectivity index (χ0v) is 41.6. The SMILES string of the molecule is Cc1c(COc2cc(OCc3cncc(C#N)c3)c(CN3CCCCC3C(=O)O)cc2Cl)cccc1-c1cccc(COc2cc(OCc3cncc(C#N)c3)c(CN3CCCC[C@H]3C(=O)O)cc2Cl)c1C. The predicted octanol–water partition coefficient (Wildman–Crippen LogP) is 11.0. The number of aliphatic carboxylic acids is 2. The van der Waals surface area contributed by atoms with Crippen LogP contribution in [0.5, 0.6) is 23.0 Å². The van der Waals surface area contributed by atoms with E-state index in [-0.39, 0.29) is 26.4 Å². The van der Waals surface area contributed by atoms with Gasteiger partial charge < -0.3 is 29.2 Å². The van der Waals surface area contributed by atoms with Crippen LogP contribution in [0.15, 0.2) is 97.6 Å². The van der Waals surface area contributed by atoms with Gasteiger partial charge in [0.2, 0.25) is 0 Å². The van der Waals surface area contributed by atoms with E-state index in [2.05, 4.69) is 48.1 Å². The summed E-state index contributed by atoms with van der Waals surface area (Å²) in [6.07, 6.45) is 10.8. The van der Waals surface area contributed by atoms with E-state index in [0.717, 1.165) is 70.2 Å². The van der Waals surface area contributed by atoms with E-state index in [1.807, 2.05) is 34.1 Å². The molecule has 0 aliphatic carbocycles. The smallest absolute Gasteiger partial charge is 0.320 e. The first kappa shape index (κ1) is 51.2. The van der Waals surface area contributed by atoms with Gasteiger partial charge in [-0.25, -0.2) is 0 Å². The number of piperidine rings is 2. The minimum Gasteiger partial charge on any atom is -0.488 e. The fraction of sp³-hybridized carbons (Fsp3) is 0.321. The minimum absolute atomic E-state index is 0.117. The van der Waals surface area contributed by atoms with Gasteiger partial charge in [-0.2, -0.15) is 10.5 Å². The number of nitriles is 2. The highest BCUT2D eigenvalue weighted by molar-refractivity contribution is 6.32. The first-order valence-electron chi connectivity index (χ1n) is 23.8. The van der Waals surface area contributed by atoms with Crippen LogP contribution in [-0.4, -0.2) is 67.1 Å². The van der Waals surface area contributed by atoms with Crippen molar-refractivity contribution in [1.29, 1.82) is 10.5 Å². The number of ether oxygens (including phenoxy) is 4. The monoisotopic (exact) mass is 1010 g/mol. The Balaban J connectivity index is 1.01. The number of carbonyl (C=O) groups is 2. The maximum Gasteiger partial charge on any atom is 0.320 e. The highest BCUT2D eigenvalue weighted by Gasteiger charge is 2.31. The summed E-state index contributed by atoms with van der Waals surface area (Å²) < 4.78 is 25.6. The van der Waals surface area contributed by atoms with Crippen molar-refractivity contribution < 1.29 is 38.7 Å². The largest absolute Gasteiger partial charge is 0.488 e. The molecule has 72 heavy (non-hydrogen) atoms. The second-order valence-corrected chi connectivity index (χ2v) is 19.0. The zero-order valence-electron chi connectivity index (χ0n) is 40.1. The Morgan fingerprint density at radius 1 is 0.583 bits per heavy atom. The Labute approximate surface area is 428 Å². The molecule has 2 aromatic heterocycles. The number of pyridine rings is 2. The van der Waals surface area contributed by atoms with Gasteiger partial charge in [-0.05, 0) is 110 Å². The molecule has 0 amide bonds. The summed E-state index contributed by atoms with van der Waals surface area (Å²) in [5, 5.41) is 39.6. The summed E-state index contributed by atoms with van der Waals surface area (Å²) >= 11 is 13.9. The summed E-state index contributed by atoms with van der Waals surface area (Å²) in [5.41, 5.74) is 9.55. The van der Waals surface area contributed by atoms with Crippen molar-refractivity contribution in [2.75, 3.05) is 13.1 Å². The molecule has 2 saturated heterocycles. The molecule has 0 bridgehead atoms. The summed E-state index contributed by atoms with van der Waals surface area (Å²) in [7, 11) is 0. The van der Waals surface area contributed by atoms with Crippen molar-refractivity contribution >= 4 is 35.1 Å². The zero-order chi connectivity index (χ0) is 50.7. The Kier molecular flexibility index (Phi) is 16.9. The van der Waals surface area contributed by atoms with Crippen molar-refractivity contribution in [3.05, 3.63) is 163 Å². The first-order valence-corrected chi connectivity index (χ1v) is 24.6. The number of aromatic nitrogens is 2. The number of nitrogens with zero attached hydrogens (tertiary/aromatic N) is 6. The number of likely N-dealkylation sites (tertiary alicyclic amines) is 2. The van der Waals surface area contributed by atoms with E-state index < -0.39 is 24.0 Å². The molecule has 2 N–H and O–H groups in total. The Morgan fingerprint density at radius 3 is 1.40 bits per heavy atom. The number of halogens is 2. The third-order valence-electron chi connectivity index (χ3n) is 13.4. The van der Waals surface area contributed by atoms with Crippen LogP contribution >= 0.6 is 23.2 Å². The lowest BCUT2D eigenvalue weighted by molar-refractivity contribution is -0.145. The fourth-order valence-corrected chi connectivity index (χ4v) is 9.88. The lowest BCUT2D eigenvalue weighted by atomic mass is 9.92. The van der Waals surface area contributed by atoms with Crippen molar-refractivity contribution in [2.45, 2.75) is 104 Å². The van der Waals surface area contributed by atoms with Gasteiger partial charge in [0, 0.05) is 72.3 Å². The standard InChI is InChI=1S/C56H54Cl2N6O8/c1-35-41(33-71-53-21-51(69-31-39-17-37(23-59)25-61-27-39)43(19-47(53)57)29-63-15-5-3-13-49(63)55(65)66)9-7-11-45(35)46-12-8-10-42(36(46)2)34-72-54-22-52(70-32-40-18-38(24-60)26-62-28-40)44(20-48(54)58)30-64-16-6-4-14-50(64)56(67)68/h7-12,17-22,25-28,49-50H,3-6,13-16,29-34H2,1-2H3,(H,65,66)(H,67,68)/t49-,50?/m0/s1. The van der Waals surface area contributed by atoms with E-state index in [9.17, 15) is 30.3 Å². The number of benzene rings is 4. The molecule has 2 atom stereocenters. The molecule has 16 heteroatoms. The Hall–Kier alpha value is -7.20. The molecule has 2 fully saturated rings. The second kappa shape index (κ2) is 23.8. The first-order chi connectivity index (χ1) is 34.9. The van der Waals surface area contributed by atoms with Crippen molar-refractivity contribution in [3.8, 4) is 46.3 Å². The molecule has 4 heterocycles. The normalized spacial score (nSPS) is 16.0. The van der Waals surface area contributed by atoms with Gasteiger partial charge in [0.05, 0.1) is 21.2 Å². The van der Waals surface area contributed by atoms with E-state index in [4.69, 9.17) is 42.1 Å². The average Bonchev–Trinajstić information content (AvgIpc) is 3.38. The average molecular weight is 1010 g/mol. The number of carboxylic acids is 2. The van der Waals surface area contributed by atoms with E-state index in [1.165, 1.54) is 12.4 Å². The number of rotatable bonds is 19. The molecule has 0 spiro atoms. The quantitative estimate of drug-likeness (QED) is 0.0779. The van der Waals surface area contributed by atoms with Crippen LogP contribution in [0.4, 0.5) is 0 Å². The Bertz CT molecular complexity index is 2840. The maximum absolute atomic E-state index is 12.2. The number of hydrogen-bond donors (Lipinski definition) is 2. The van der Waals surface area contributed by atoms with Gasteiger partial charge in [0.1, 0.15) is 73.6 Å². The van der Waals surface area contributed by atoms with Gasteiger partial charge >= 0.3 is 11.9 Å². The highest BCUT2D eigenvalue weighted by Crippen LogP contribution is 2.39. The molecule has 370 valence electrons. The summed E-state index contributed by atoms with van der Waals surface area (Å²) in [4.78, 5) is 36.6. The van der Waals surface area contributed by atoms with E-state index in [0.29, 0.717) is 94.3 Å².